The van der Waals surface area contributed by atoms with Crippen LogP contribution in [0.25, 0.3) is 0 Å². The zero-order valence-electron chi connectivity index (χ0n) is 11.2. The van der Waals surface area contributed by atoms with E-state index in [-0.39, 0.29) is 37.1 Å². The number of carbonyl (C=O) groups is 2. The van der Waals surface area contributed by atoms with Gasteiger partial charge < -0.3 is 10.0 Å². The second kappa shape index (κ2) is 6.99. The van der Waals surface area contributed by atoms with Gasteiger partial charge in [0.25, 0.3) is 0 Å². The van der Waals surface area contributed by atoms with Crippen molar-refractivity contribution < 1.29 is 14.7 Å². The molecule has 1 atom stereocenters. The molecule has 1 aliphatic heterocycles. The summed E-state index contributed by atoms with van der Waals surface area (Å²) in [5.74, 6) is 0.191. The molecule has 1 amide bonds. The average molecular weight is 340 g/mol. The molecule has 2 rings (SSSR count). The van der Waals surface area contributed by atoms with Crippen molar-refractivity contribution in [1.82, 2.24) is 4.90 Å². The van der Waals surface area contributed by atoms with Crippen molar-refractivity contribution in [3.8, 4) is 0 Å². The van der Waals surface area contributed by atoms with E-state index >= 15 is 0 Å². The molecule has 1 aliphatic rings. The van der Waals surface area contributed by atoms with E-state index < -0.39 is 0 Å². The van der Waals surface area contributed by atoms with Gasteiger partial charge in [0.05, 0.1) is 0 Å². The second-order valence-corrected chi connectivity index (χ2v) is 6.02. The molecule has 0 aromatic heterocycles. The average Bonchev–Trinajstić information content (AvgIpc) is 2.94. The molecule has 0 aliphatic carbocycles. The van der Waals surface area contributed by atoms with Gasteiger partial charge in [-0.3, -0.25) is 9.59 Å². The fourth-order valence-electron chi connectivity index (χ4n) is 2.37. The van der Waals surface area contributed by atoms with Crippen LogP contribution in [-0.4, -0.2) is 41.4 Å². The van der Waals surface area contributed by atoms with Crippen LogP contribution in [0, 0.1) is 5.92 Å². The molecular formula is C15H18BrNO3. The van der Waals surface area contributed by atoms with E-state index in [4.69, 9.17) is 5.11 Å². The van der Waals surface area contributed by atoms with E-state index in [9.17, 15) is 9.59 Å². The monoisotopic (exact) mass is 339 g/mol. The third kappa shape index (κ3) is 3.90. The first-order chi connectivity index (χ1) is 9.60. The number of Topliss-reactive ketones (excluding diaryl/α,β-unsaturated/α-hetero) is 1. The van der Waals surface area contributed by atoms with Crippen LogP contribution in [0.2, 0.25) is 0 Å². The van der Waals surface area contributed by atoms with Crippen LogP contribution in [0.1, 0.15) is 29.6 Å². The molecule has 0 spiro atoms. The molecule has 4 nitrogen and oxygen atoms in total. The first-order valence-electron chi connectivity index (χ1n) is 6.77. The number of halogens is 1. The summed E-state index contributed by atoms with van der Waals surface area (Å²) >= 11 is 3.32. The third-order valence-corrected chi connectivity index (χ3v) is 4.16. The van der Waals surface area contributed by atoms with Crippen LogP contribution < -0.4 is 0 Å². The van der Waals surface area contributed by atoms with Crippen molar-refractivity contribution in [3.05, 3.63) is 34.3 Å². The maximum atomic E-state index is 12.0. The van der Waals surface area contributed by atoms with Gasteiger partial charge >= 0.3 is 0 Å². The van der Waals surface area contributed by atoms with Crippen LogP contribution in [0.15, 0.2) is 28.7 Å². The fourth-order valence-corrected chi connectivity index (χ4v) is 2.63. The van der Waals surface area contributed by atoms with Gasteiger partial charge in [0, 0.05) is 48.5 Å². The molecule has 0 bridgehead atoms. The Labute approximate surface area is 126 Å². The lowest BCUT2D eigenvalue weighted by Gasteiger charge is -2.15. The number of rotatable bonds is 5. The Morgan fingerprint density at radius 1 is 1.25 bits per heavy atom. The zero-order chi connectivity index (χ0) is 14.5. The summed E-state index contributed by atoms with van der Waals surface area (Å²) in [5.41, 5.74) is 0.635. The van der Waals surface area contributed by atoms with Crippen LogP contribution in [0.5, 0.6) is 0 Å². The number of hydrogen-bond donors (Lipinski definition) is 1. The highest BCUT2D eigenvalue weighted by atomic mass is 79.9. The minimum absolute atomic E-state index is 0.00594. The molecule has 0 radical (unpaired) electrons. The van der Waals surface area contributed by atoms with Crippen LogP contribution in [-0.2, 0) is 4.79 Å². The molecule has 1 fully saturated rings. The van der Waals surface area contributed by atoms with Crippen molar-refractivity contribution in [2.45, 2.75) is 19.3 Å². The van der Waals surface area contributed by atoms with E-state index in [1.165, 1.54) is 0 Å². The predicted molar refractivity (Wildman–Crippen MR) is 79.5 cm³/mol. The number of aliphatic hydroxyl groups excluding tert-OH is 1. The van der Waals surface area contributed by atoms with Crippen molar-refractivity contribution in [2.75, 3.05) is 19.7 Å². The zero-order valence-corrected chi connectivity index (χ0v) is 12.8. The number of nitrogens with zero attached hydrogens (tertiary/aromatic N) is 1. The van der Waals surface area contributed by atoms with E-state index in [1.807, 2.05) is 12.1 Å². The van der Waals surface area contributed by atoms with Crippen LogP contribution in [0.4, 0.5) is 0 Å². The lowest BCUT2D eigenvalue weighted by molar-refractivity contribution is -0.130. The maximum Gasteiger partial charge on any atom is 0.223 e. The molecule has 1 saturated heterocycles. The maximum absolute atomic E-state index is 12.0. The molecule has 1 N–H and O–H groups in total. The summed E-state index contributed by atoms with van der Waals surface area (Å²) in [7, 11) is 0. The Morgan fingerprint density at radius 3 is 2.55 bits per heavy atom. The molecule has 1 aromatic carbocycles. The van der Waals surface area contributed by atoms with Gasteiger partial charge in [0.1, 0.15) is 0 Å². The Morgan fingerprint density at radius 2 is 1.95 bits per heavy atom. The Balaban J connectivity index is 1.81. The number of amides is 1. The molecule has 5 heteroatoms. The molecule has 0 saturated carbocycles. The summed E-state index contributed by atoms with van der Waals surface area (Å²) in [4.78, 5) is 25.7. The Hall–Kier alpha value is -1.20. The van der Waals surface area contributed by atoms with Crippen LogP contribution >= 0.6 is 15.9 Å². The summed E-state index contributed by atoms with van der Waals surface area (Å²) in [6.45, 7) is 1.43. The molecule has 108 valence electrons. The summed E-state index contributed by atoms with van der Waals surface area (Å²) in [6, 6.07) is 7.16. The summed E-state index contributed by atoms with van der Waals surface area (Å²) in [5, 5.41) is 9.06. The van der Waals surface area contributed by atoms with E-state index in [2.05, 4.69) is 15.9 Å². The van der Waals surface area contributed by atoms with Gasteiger partial charge in [0.2, 0.25) is 5.91 Å². The molecule has 1 aromatic rings. The first kappa shape index (κ1) is 15.2. The summed E-state index contributed by atoms with van der Waals surface area (Å²) < 4.78 is 0.928. The Bertz CT molecular complexity index is 486. The topological polar surface area (TPSA) is 57.6 Å². The highest BCUT2D eigenvalue weighted by Crippen LogP contribution is 2.17. The highest BCUT2D eigenvalue weighted by Gasteiger charge is 2.25. The quantitative estimate of drug-likeness (QED) is 0.837. The number of aliphatic hydroxyl groups is 1. The number of ketones is 1. The highest BCUT2D eigenvalue weighted by molar-refractivity contribution is 9.10. The lowest BCUT2D eigenvalue weighted by Crippen LogP contribution is -2.29. The normalized spacial score (nSPS) is 18.3. The molecule has 1 unspecified atom stereocenters. The second-order valence-electron chi connectivity index (χ2n) is 5.11. The van der Waals surface area contributed by atoms with Crippen LogP contribution in [0.3, 0.4) is 0 Å². The third-order valence-electron chi connectivity index (χ3n) is 3.63. The minimum Gasteiger partial charge on any atom is -0.396 e. The SMILES string of the molecule is O=C(CCC(=O)N1CCC(CO)C1)c1ccc(Br)cc1. The number of likely N-dealkylation sites (tertiary alicyclic amines) is 1. The number of hydrogen-bond acceptors (Lipinski definition) is 3. The Kier molecular flexibility index (Phi) is 5.31. The van der Waals surface area contributed by atoms with Gasteiger partial charge in [0.15, 0.2) is 5.78 Å². The minimum atomic E-state index is -0.0104. The van der Waals surface area contributed by atoms with Gasteiger partial charge in [-0.1, -0.05) is 28.1 Å². The number of carbonyl (C=O) groups excluding carboxylic acids is 2. The summed E-state index contributed by atoms with van der Waals surface area (Å²) in [6.07, 6.45) is 1.33. The van der Waals surface area contributed by atoms with Gasteiger partial charge in [-0.25, -0.2) is 0 Å². The first-order valence-corrected chi connectivity index (χ1v) is 7.57. The van der Waals surface area contributed by atoms with Gasteiger partial charge in [-0.15, -0.1) is 0 Å². The van der Waals surface area contributed by atoms with Crippen molar-refractivity contribution in [2.24, 2.45) is 5.92 Å². The molecule has 20 heavy (non-hydrogen) atoms. The van der Waals surface area contributed by atoms with Crippen molar-refractivity contribution >= 4 is 27.6 Å². The van der Waals surface area contributed by atoms with Gasteiger partial charge in [-0.05, 0) is 18.6 Å². The van der Waals surface area contributed by atoms with Crippen molar-refractivity contribution in [1.29, 1.82) is 0 Å². The van der Waals surface area contributed by atoms with E-state index in [0.29, 0.717) is 18.7 Å². The van der Waals surface area contributed by atoms with E-state index in [1.54, 1.807) is 17.0 Å². The molecule has 1 heterocycles. The fraction of sp³-hybridized carbons (Fsp3) is 0.467. The smallest absolute Gasteiger partial charge is 0.223 e. The van der Waals surface area contributed by atoms with Gasteiger partial charge in [-0.2, -0.15) is 0 Å². The number of benzene rings is 1. The largest absolute Gasteiger partial charge is 0.396 e. The molecular weight excluding hydrogens is 322 g/mol. The lowest BCUT2D eigenvalue weighted by atomic mass is 10.1. The standard InChI is InChI=1S/C15H18BrNO3/c16-13-3-1-12(2-4-13)14(19)5-6-15(20)17-8-7-11(9-17)10-18/h1-4,11,18H,5-10H2. The van der Waals surface area contributed by atoms with Crippen molar-refractivity contribution in [3.63, 3.8) is 0 Å². The van der Waals surface area contributed by atoms with E-state index in [0.717, 1.165) is 10.9 Å². The predicted octanol–water partition coefficient (Wildman–Crippen LogP) is 2.25.